The third kappa shape index (κ3) is 6.23. The van der Waals surface area contributed by atoms with Gasteiger partial charge in [-0.1, -0.05) is 30.3 Å². The van der Waals surface area contributed by atoms with Crippen molar-refractivity contribution in [3.8, 4) is 11.5 Å². The van der Waals surface area contributed by atoms with Crippen molar-refractivity contribution in [3.05, 3.63) is 59.2 Å². The van der Waals surface area contributed by atoms with Crippen LogP contribution in [0.25, 0.3) is 0 Å². The van der Waals surface area contributed by atoms with Gasteiger partial charge in [0.25, 0.3) is 5.91 Å². The van der Waals surface area contributed by atoms with Gasteiger partial charge in [-0.05, 0) is 56.0 Å². The number of carbonyl (C=O) groups is 2. The van der Waals surface area contributed by atoms with Gasteiger partial charge in [0.2, 0.25) is 5.91 Å². The first-order valence-electron chi connectivity index (χ1n) is 10.9. The Kier molecular flexibility index (Phi) is 7.93. The zero-order chi connectivity index (χ0) is 22.2. The minimum absolute atomic E-state index is 0.0179. The normalized spacial score (nSPS) is 14.2. The Morgan fingerprint density at radius 3 is 2.16 bits per heavy atom. The maximum atomic E-state index is 12.7. The Bertz CT molecular complexity index is 898. The van der Waals surface area contributed by atoms with E-state index in [0.29, 0.717) is 39.2 Å². The Hall–Kier alpha value is -3.02. The first kappa shape index (κ1) is 22.7. The summed E-state index contributed by atoms with van der Waals surface area (Å²) in [5, 5.41) is 0. The van der Waals surface area contributed by atoms with E-state index in [1.807, 2.05) is 62.1 Å². The molecule has 0 spiro atoms. The number of aryl methyl sites for hydroxylation is 2. The van der Waals surface area contributed by atoms with Crippen LogP contribution in [-0.4, -0.2) is 61.0 Å². The van der Waals surface area contributed by atoms with E-state index in [1.54, 1.807) is 4.90 Å². The minimum atomic E-state index is -0.0398. The number of hydrogen-bond acceptors (Lipinski definition) is 4. The standard InChI is InChI=1S/C25H32N2O4/c1-19-10-11-20(2)25(21(19)3)31-18-24(29)27-14-7-13-26(15-16-27)23(28)12-17-30-22-8-5-4-6-9-22/h4-6,8-11H,7,12-18H2,1-3H3. The van der Waals surface area contributed by atoms with Crippen LogP contribution in [0.5, 0.6) is 11.5 Å². The van der Waals surface area contributed by atoms with Crippen LogP contribution >= 0.6 is 0 Å². The number of amides is 2. The number of para-hydroxylation sites is 1. The van der Waals surface area contributed by atoms with E-state index in [-0.39, 0.29) is 18.4 Å². The monoisotopic (exact) mass is 424 g/mol. The molecule has 0 aromatic heterocycles. The van der Waals surface area contributed by atoms with Crippen molar-refractivity contribution in [2.45, 2.75) is 33.6 Å². The van der Waals surface area contributed by atoms with Gasteiger partial charge in [-0.25, -0.2) is 0 Å². The molecule has 6 heteroatoms. The quantitative estimate of drug-likeness (QED) is 0.682. The van der Waals surface area contributed by atoms with Crippen molar-refractivity contribution < 1.29 is 19.1 Å². The Labute approximate surface area is 184 Å². The highest BCUT2D eigenvalue weighted by Crippen LogP contribution is 2.25. The SMILES string of the molecule is Cc1ccc(C)c(OCC(=O)N2CCCN(C(=O)CCOc3ccccc3)CC2)c1C. The highest BCUT2D eigenvalue weighted by Gasteiger charge is 2.22. The largest absolute Gasteiger partial charge is 0.493 e. The fourth-order valence-corrected chi connectivity index (χ4v) is 3.72. The third-order valence-corrected chi connectivity index (χ3v) is 5.74. The molecule has 1 fully saturated rings. The van der Waals surface area contributed by atoms with Gasteiger partial charge in [-0.15, -0.1) is 0 Å². The lowest BCUT2D eigenvalue weighted by Gasteiger charge is -2.23. The summed E-state index contributed by atoms with van der Waals surface area (Å²) in [5.41, 5.74) is 3.24. The summed E-state index contributed by atoms with van der Waals surface area (Å²) in [4.78, 5) is 28.9. The van der Waals surface area contributed by atoms with E-state index in [2.05, 4.69) is 6.07 Å². The van der Waals surface area contributed by atoms with Gasteiger partial charge in [0, 0.05) is 26.2 Å². The van der Waals surface area contributed by atoms with Crippen molar-refractivity contribution in [3.63, 3.8) is 0 Å². The second-order valence-corrected chi connectivity index (χ2v) is 7.97. The molecule has 3 rings (SSSR count). The lowest BCUT2D eigenvalue weighted by molar-refractivity contribution is -0.135. The van der Waals surface area contributed by atoms with Gasteiger partial charge in [0.05, 0.1) is 13.0 Å². The number of hydrogen-bond donors (Lipinski definition) is 0. The lowest BCUT2D eigenvalue weighted by atomic mass is 10.1. The molecule has 166 valence electrons. The molecular formula is C25H32N2O4. The van der Waals surface area contributed by atoms with E-state index < -0.39 is 0 Å². The van der Waals surface area contributed by atoms with Gasteiger partial charge < -0.3 is 19.3 Å². The molecular weight excluding hydrogens is 392 g/mol. The van der Waals surface area contributed by atoms with E-state index in [9.17, 15) is 9.59 Å². The molecule has 0 bridgehead atoms. The Morgan fingerprint density at radius 1 is 0.806 bits per heavy atom. The summed E-state index contributed by atoms with van der Waals surface area (Å²) < 4.78 is 11.5. The van der Waals surface area contributed by atoms with Crippen molar-refractivity contribution >= 4 is 11.8 Å². The van der Waals surface area contributed by atoms with Gasteiger partial charge in [-0.3, -0.25) is 9.59 Å². The number of nitrogens with zero attached hydrogens (tertiary/aromatic N) is 2. The van der Waals surface area contributed by atoms with Gasteiger partial charge >= 0.3 is 0 Å². The molecule has 1 aliphatic rings. The van der Waals surface area contributed by atoms with E-state index in [4.69, 9.17) is 9.47 Å². The minimum Gasteiger partial charge on any atom is -0.493 e. The molecule has 0 atom stereocenters. The van der Waals surface area contributed by atoms with Crippen LogP contribution in [0.15, 0.2) is 42.5 Å². The summed E-state index contributed by atoms with van der Waals surface area (Å²) in [7, 11) is 0. The Morgan fingerprint density at radius 2 is 1.45 bits per heavy atom. The number of carbonyl (C=O) groups excluding carboxylic acids is 2. The molecule has 1 aliphatic heterocycles. The molecule has 2 aromatic carbocycles. The molecule has 0 N–H and O–H groups in total. The fraction of sp³-hybridized carbons (Fsp3) is 0.440. The number of benzene rings is 2. The van der Waals surface area contributed by atoms with Gasteiger partial charge in [-0.2, -0.15) is 0 Å². The van der Waals surface area contributed by atoms with Crippen molar-refractivity contribution in [2.75, 3.05) is 39.4 Å². The summed E-state index contributed by atoms with van der Waals surface area (Å²) in [6.07, 6.45) is 1.09. The predicted molar refractivity (Wildman–Crippen MR) is 120 cm³/mol. The van der Waals surface area contributed by atoms with Crippen LogP contribution in [0.2, 0.25) is 0 Å². The number of rotatable bonds is 7. The highest BCUT2D eigenvalue weighted by molar-refractivity contribution is 5.79. The van der Waals surface area contributed by atoms with Gasteiger partial charge in [0.15, 0.2) is 6.61 Å². The van der Waals surface area contributed by atoms with Gasteiger partial charge in [0.1, 0.15) is 11.5 Å². The molecule has 0 saturated carbocycles. The fourth-order valence-electron chi connectivity index (χ4n) is 3.72. The summed E-state index contributed by atoms with van der Waals surface area (Å²) in [6.45, 7) is 8.77. The second kappa shape index (κ2) is 10.8. The second-order valence-electron chi connectivity index (χ2n) is 7.97. The van der Waals surface area contributed by atoms with Crippen molar-refractivity contribution in [1.82, 2.24) is 9.80 Å². The van der Waals surface area contributed by atoms with Crippen LogP contribution in [0, 0.1) is 20.8 Å². The predicted octanol–water partition coefficient (Wildman–Crippen LogP) is 3.52. The molecule has 0 unspecified atom stereocenters. The van der Waals surface area contributed by atoms with E-state index in [0.717, 1.165) is 34.6 Å². The van der Waals surface area contributed by atoms with Crippen molar-refractivity contribution in [2.24, 2.45) is 0 Å². The molecule has 0 aliphatic carbocycles. The van der Waals surface area contributed by atoms with Crippen LogP contribution in [-0.2, 0) is 9.59 Å². The van der Waals surface area contributed by atoms with Crippen LogP contribution in [0.1, 0.15) is 29.5 Å². The molecule has 6 nitrogen and oxygen atoms in total. The summed E-state index contributed by atoms with van der Waals surface area (Å²) in [6, 6.07) is 13.6. The van der Waals surface area contributed by atoms with Crippen LogP contribution in [0.3, 0.4) is 0 Å². The first-order chi connectivity index (χ1) is 15.0. The third-order valence-electron chi connectivity index (χ3n) is 5.74. The van der Waals surface area contributed by atoms with E-state index in [1.165, 1.54) is 0 Å². The maximum Gasteiger partial charge on any atom is 0.260 e. The molecule has 2 amide bonds. The Balaban J connectivity index is 1.45. The molecule has 0 radical (unpaired) electrons. The van der Waals surface area contributed by atoms with Crippen LogP contribution < -0.4 is 9.47 Å². The molecule has 1 heterocycles. The first-order valence-corrected chi connectivity index (χ1v) is 10.9. The average Bonchev–Trinajstić information content (AvgIpc) is 3.03. The summed E-state index contributed by atoms with van der Waals surface area (Å²) >= 11 is 0. The number of ether oxygens (including phenoxy) is 2. The molecule has 1 saturated heterocycles. The highest BCUT2D eigenvalue weighted by atomic mass is 16.5. The smallest absolute Gasteiger partial charge is 0.260 e. The van der Waals surface area contributed by atoms with Crippen LogP contribution in [0.4, 0.5) is 0 Å². The zero-order valence-electron chi connectivity index (χ0n) is 18.7. The average molecular weight is 425 g/mol. The maximum absolute atomic E-state index is 12.7. The zero-order valence-corrected chi connectivity index (χ0v) is 18.7. The molecule has 31 heavy (non-hydrogen) atoms. The molecule has 2 aromatic rings. The lowest BCUT2D eigenvalue weighted by Crippen LogP contribution is -2.39. The topological polar surface area (TPSA) is 59.1 Å². The summed E-state index contributed by atoms with van der Waals surface area (Å²) in [5.74, 6) is 1.58. The van der Waals surface area contributed by atoms with E-state index >= 15 is 0 Å². The van der Waals surface area contributed by atoms with Crippen molar-refractivity contribution in [1.29, 1.82) is 0 Å².